The van der Waals surface area contributed by atoms with Crippen LogP contribution in [0, 0.1) is 0 Å². The Morgan fingerprint density at radius 1 is 1.50 bits per heavy atom. The number of nitrogens with zero attached hydrogens (tertiary/aromatic N) is 2. The number of aromatic carboxylic acids is 1. The second-order valence-corrected chi connectivity index (χ2v) is 4.39. The molecule has 0 aliphatic heterocycles. The van der Waals surface area contributed by atoms with Crippen molar-refractivity contribution in [1.29, 1.82) is 0 Å². The van der Waals surface area contributed by atoms with E-state index in [4.69, 9.17) is 9.52 Å². The summed E-state index contributed by atoms with van der Waals surface area (Å²) in [5.74, 6) is -1.02. The first kappa shape index (κ1) is 13.9. The van der Waals surface area contributed by atoms with Gasteiger partial charge in [0.2, 0.25) is 11.7 Å². The van der Waals surface area contributed by atoms with Crippen LogP contribution in [0.15, 0.2) is 35.0 Å². The van der Waals surface area contributed by atoms with Crippen LogP contribution in [0.2, 0.25) is 0 Å². The highest BCUT2D eigenvalue weighted by Gasteiger charge is 2.12. The summed E-state index contributed by atoms with van der Waals surface area (Å²) in [4.78, 5) is 22.4. The largest absolute Gasteiger partial charge is 0.475 e. The molecule has 0 spiro atoms. The summed E-state index contributed by atoms with van der Waals surface area (Å²) in [6.45, 7) is 2.06. The predicted octanol–water partition coefficient (Wildman–Crippen LogP) is 1.44. The molecule has 2 N–H and O–H groups in total. The fourth-order valence-electron chi connectivity index (χ4n) is 1.75. The summed E-state index contributed by atoms with van der Waals surface area (Å²) in [6.07, 6.45) is 3.74. The number of carboxylic acid groups (broad SMARTS) is 1. The van der Waals surface area contributed by atoms with E-state index in [0.717, 1.165) is 0 Å². The second-order valence-electron chi connectivity index (χ2n) is 4.39. The number of hydrogen-bond acceptors (Lipinski definition) is 4. The molecule has 0 aromatic carbocycles. The summed E-state index contributed by atoms with van der Waals surface area (Å²) < 4.78 is 6.74. The Morgan fingerprint density at radius 3 is 2.90 bits per heavy atom. The predicted molar refractivity (Wildman–Crippen MR) is 69.1 cm³/mol. The number of carboxylic acids is 1. The summed E-state index contributed by atoms with van der Waals surface area (Å²) in [7, 11) is 0. The SMILES string of the molecule is C[C@H](CC(=O)NCc1ccc(C(=O)O)o1)n1cccn1. The van der Waals surface area contributed by atoms with Gasteiger partial charge in [-0.2, -0.15) is 5.10 Å². The lowest BCUT2D eigenvalue weighted by Gasteiger charge is -2.11. The van der Waals surface area contributed by atoms with Gasteiger partial charge in [-0.15, -0.1) is 0 Å². The molecular formula is C13H15N3O4. The van der Waals surface area contributed by atoms with E-state index in [1.807, 2.05) is 6.92 Å². The molecule has 2 heterocycles. The summed E-state index contributed by atoms with van der Waals surface area (Å²) in [6, 6.07) is 4.64. The average Bonchev–Trinajstić information content (AvgIpc) is 3.07. The minimum Gasteiger partial charge on any atom is -0.475 e. The van der Waals surface area contributed by atoms with Crippen LogP contribution in [-0.2, 0) is 11.3 Å². The van der Waals surface area contributed by atoms with E-state index in [9.17, 15) is 9.59 Å². The number of carbonyl (C=O) groups excluding carboxylic acids is 1. The van der Waals surface area contributed by atoms with Crippen molar-refractivity contribution in [3.05, 3.63) is 42.1 Å². The van der Waals surface area contributed by atoms with Crippen molar-refractivity contribution in [3.8, 4) is 0 Å². The van der Waals surface area contributed by atoms with E-state index < -0.39 is 5.97 Å². The van der Waals surface area contributed by atoms with E-state index in [2.05, 4.69) is 10.4 Å². The highest BCUT2D eigenvalue weighted by molar-refractivity contribution is 5.84. The van der Waals surface area contributed by atoms with Crippen LogP contribution >= 0.6 is 0 Å². The Balaban J connectivity index is 1.81. The minimum absolute atomic E-state index is 0.0452. The van der Waals surface area contributed by atoms with Gasteiger partial charge in [0.25, 0.3) is 0 Å². The summed E-state index contributed by atoms with van der Waals surface area (Å²) >= 11 is 0. The Bertz CT molecular complexity index is 589. The van der Waals surface area contributed by atoms with Gasteiger partial charge in [-0.3, -0.25) is 9.48 Å². The molecule has 0 radical (unpaired) electrons. The highest BCUT2D eigenvalue weighted by atomic mass is 16.4. The van der Waals surface area contributed by atoms with Crippen molar-refractivity contribution in [3.63, 3.8) is 0 Å². The zero-order chi connectivity index (χ0) is 14.5. The number of nitrogens with one attached hydrogen (secondary N) is 1. The molecule has 106 valence electrons. The Kier molecular flexibility index (Phi) is 4.19. The van der Waals surface area contributed by atoms with E-state index in [1.165, 1.54) is 12.1 Å². The molecule has 0 fully saturated rings. The molecule has 0 bridgehead atoms. The quantitative estimate of drug-likeness (QED) is 0.832. The van der Waals surface area contributed by atoms with E-state index in [-0.39, 0.29) is 30.7 Å². The standard InChI is InChI=1S/C13H15N3O4/c1-9(16-6-2-5-15-16)7-12(17)14-8-10-3-4-11(20-10)13(18)19/h2-6,9H,7-8H2,1H3,(H,14,17)(H,18,19)/t9-/m1/s1. The van der Waals surface area contributed by atoms with Gasteiger partial charge in [-0.05, 0) is 25.1 Å². The first-order chi connectivity index (χ1) is 9.56. The normalized spacial score (nSPS) is 12.1. The maximum atomic E-state index is 11.8. The third-order valence-electron chi connectivity index (χ3n) is 2.79. The zero-order valence-corrected chi connectivity index (χ0v) is 10.9. The van der Waals surface area contributed by atoms with Crippen LogP contribution in [-0.4, -0.2) is 26.8 Å². The van der Waals surface area contributed by atoms with Gasteiger partial charge < -0.3 is 14.8 Å². The average molecular weight is 277 g/mol. The molecular weight excluding hydrogens is 262 g/mol. The lowest BCUT2D eigenvalue weighted by atomic mass is 10.2. The zero-order valence-electron chi connectivity index (χ0n) is 10.9. The van der Waals surface area contributed by atoms with Gasteiger partial charge in [0.05, 0.1) is 12.6 Å². The van der Waals surface area contributed by atoms with Crippen LogP contribution in [0.1, 0.15) is 35.7 Å². The topological polar surface area (TPSA) is 97.4 Å². The fourth-order valence-corrected chi connectivity index (χ4v) is 1.75. The molecule has 1 atom stereocenters. The van der Waals surface area contributed by atoms with Gasteiger partial charge in [-0.1, -0.05) is 0 Å². The van der Waals surface area contributed by atoms with E-state index in [1.54, 1.807) is 23.1 Å². The molecule has 0 aliphatic carbocycles. The third kappa shape index (κ3) is 3.47. The number of amides is 1. The smallest absolute Gasteiger partial charge is 0.371 e. The van der Waals surface area contributed by atoms with Crippen LogP contribution in [0.5, 0.6) is 0 Å². The van der Waals surface area contributed by atoms with E-state index >= 15 is 0 Å². The summed E-state index contributed by atoms with van der Waals surface area (Å²) in [5, 5.41) is 15.4. The molecule has 0 saturated heterocycles. The molecule has 1 amide bonds. The molecule has 0 saturated carbocycles. The van der Waals surface area contributed by atoms with E-state index in [0.29, 0.717) is 5.76 Å². The first-order valence-corrected chi connectivity index (χ1v) is 6.14. The van der Waals surface area contributed by atoms with Crippen molar-refractivity contribution < 1.29 is 19.1 Å². The number of carbonyl (C=O) groups is 2. The van der Waals surface area contributed by atoms with Crippen molar-refractivity contribution in [2.45, 2.75) is 25.9 Å². The molecule has 7 heteroatoms. The molecule has 2 rings (SSSR count). The number of furan rings is 1. The van der Waals surface area contributed by atoms with Crippen molar-refractivity contribution in [1.82, 2.24) is 15.1 Å². The first-order valence-electron chi connectivity index (χ1n) is 6.14. The molecule has 0 unspecified atom stereocenters. The van der Waals surface area contributed by atoms with Gasteiger partial charge in [0.1, 0.15) is 5.76 Å². The van der Waals surface area contributed by atoms with Crippen molar-refractivity contribution in [2.75, 3.05) is 0 Å². The van der Waals surface area contributed by atoms with Crippen LogP contribution < -0.4 is 5.32 Å². The van der Waals surface area contributed by atoms with Crippen LogP contribution in [0.25, 0.3) is 0 Å². The molecule has 0 aliphatic rings. The Hall–Kier alpha value is -2.57. The maximum absolute atomic E-state index is 11.8. The van der Waals surface area contributed by atoms with Crippen LogP contribution in [0.3, 0.4) is 0 Å². The maximum Gasteiger partial charge on any atom is 0.371 e. The van der Waals surface area contributed by atoms with Crippen LogP contribution in [0.4, 0.5) is 0 Å². The third-order valence-corrected chi connectivity index (χ3v) is 2.79. The Labute approximate surface area is 115 Å². The molecule has 7 nitrogen and oxygen atoms in total. The summed E-state index contributed by atoms with van der Waals surface area (Å²) in [5.41, 5.74) is 0. The fraction of sp³-hybridized carbons (Fsp3) is 0.308. The molecule has 2 aromatic heterocycles. The van der Waals surface area contributed by atoms with Gasteiger partial charge >= 0.3 is 5.97 Å². The monoisotopic (exact) mass is 277 g/mol. The molecule has 20 heavy (non-hydrogen) atoms. The van der Waals surface area contributed by atoms with Gasteiger partial charge in [0, 0.05) is 18.8 Å². The van der Waals surface area contributed by atoms with Crippen molar-refractivity contribution in [2.24, 2.45) is 0 Å². The van der Waals surface area contributed by atoms with Gasteiger partial charge in [-0.25, -0.2) is 4.79 Å². The highest BCUT2D eigenvalue weighted by Crippen LogP contribution is 2.10. The Morgan fingerprint density at radius 2 is 2.30 bits per heavy atom. The second kappa shape index (κ2) is 6.05. The number of rotatable bonds is 6. The van der Waals surface area contributed by atoms with Crippen molar-refractivity contribution >= 4 is 11.9 Å². The number of hydrogen-bond donors (Lipinski definition) is 2. The number of aromatic nitrogens is 2. The van der Waals surface area contributed by atoms with Gasteiger partial charge in [0.15, 0.2) is 0 Å². The lowest BCUT2D eigenvalue weighted by molar-refractivity contribution is -0.122. The minimum atomic E-state index is -1.13. The molecule has 2 aromatic rings. The lowest BCUT2D eigenvalue weighted by Crippen LogP contribution is -2.25.